The average molecular weight is 517 g/mol. The summed E-state index contributed by atoms with van der Waals surface area (Å²) in [6.07, 6.45) is 3.67. The summed E-state index contributed by atoms with van der Waals surface area (Å²) < 4.78 is 1.86. The minimum atomic E-state index is 0.135. The molecule has 0 aromatic carbocycles. The summed E-state index contributed by atoms with van der Waals surface area (Å²) in [5, 5.41) is 4.40. The van der Waals surface area contributed by atoms with E-state index in [1.165, 1.54) is 11.1 Å². The Morgan fingerprint density at radius 3 is 2.61 bits per heavy atom. The van der Waals surface area contributed by atoms with Crippen molar-refractivity contribution in [1.82, 2.24) is 34.4 Å². The SMILES string of the molecule is CCN(CC)CC(=O)N1CCN(c2ccc3[nH]c(-c4cn5ncnc5c(C)c4C)c(C(C)C)c3n2)C[C@@H]1C. The molecule has 1 aliphatic heterocycles. The number of H-pyrrole nitrogens is 1. The predicted octanol–water partition coefficient (Wildman–Crippen LogP) is 4.39. The van der Waals surface area contributed by atoms with Crippen molar-refractivity contribution >= 4 is 28.4 Å². The number of anilines is 1. The normalized spacial score (nSPS) is 16.5. The molecule has 0 spiro atoms. The molecule has 1 saturated heterocycles. The number of pyridine rings is 2. The number of aromatic amines is 1. The smallest absolute Gasteiger partial charge is 0.237 e. The van der Waals surface area contributed by atoms with Crippen LogP contribution in [0.5, 0.6) is 0 Å². The maximum absolute atomic E-state index is 13.0. The lowest BCUT2D eigenvalue weighted by Gasteiger charge is -2.41. The van der Waals surface area contributed by atoms with Crippen molar-refractivity contribution in [3.05, 3.63) is 41.3 Å². The minimum absolute atomic E-state index is 0.135. The van der Waals surface area contributed by atoms with Crippen molar-refractivity contribution in [2.45, 2.75) is 60.4 Å². The molecule has 1 amide bonds. The van der Waals surface area contributed by atoms with Gasteiger partial charge in [0.25, 0.3) is 0 Å². The van der Waals surface area contributed by atoms with Crippen LogP contribution >= 0.6 is 0 Å². The van der Waals surface area contributed by atoms with Crippen LogP contribution in [0.15, 0.2) is 24.7 Å². The standard InChI is InChI=1S/C29H40N8O/c1-8-34(9-2)16-25(38)36-13-12-35(14-19(36)5)24-11-10-23-28(33-24)26(18(3)4)27(32-23)22-15-37-29(30-17-31-37)21(7)20(22)6/h10-11,15,17-19,32H,8-9,12-14,16H2,1-7H3/t19-/m0/s1. The monoisotopic (exact) mass is 516 g/mol. The van der Waals surface area contributed by atoms with Gasteiger partial charge in [-0.1, -0.05) is 27.7 Å². The predicted molar refractivity (Wildman–Crippen MR) is 153 cm³/mol. The van der Waals surface area contributed by atoms with Crippen molar-refractivity contribution in [2.24, 2.45) is 0 Å². The van der Waals surface area contributed by atoms with E-state index < -0.39 is 0 Å². The first-order chi connectivity index (χ1) is 18.2. The molecule has 1 atom stereocenters. The summed E-state index contributed by atoms with van der Waals surface area (Å²) in [6.45, 7) is 19.6. The largest absolute Gasteiger partial charge is 0.353 e. The number of nitrogens with one attached hydrogen (secondary N) is 1. The van der Waals surface area contributed by atoms with E-state index in [1.54, 1.807) is 6.33 Å². The van der Waals surface area contributed by atoms with Gasteiger partial charge in [-0.05, 0) is 63.0 Å². The van der Waals surface area contributed by atoms with E-state index in [2.05, 4.69) is 91.7 Å². The topological polar surface area (TPSA) is 85.7 Å². The quantitative estimate of drug-likeness (QED) is 0.392. The Morgan fingerprint density at radius 2 is 1.92 bits per heavy atom. The van der Waals surface area contributed by atoms with Gasteiger partial charge < -0.3 is 14.8 Å². The molecule has 1 fully saturated rings. The molecule has 9 heteroatoms. The molecular formula is C29H40N8O. The fourth-order valence-electron chi connectivity index (χ4n) is 5.75. The van der Waals surface area contributed by atoms with Crippen LogP contribution in [0, 0.1) is 13.8 Å². The highest BCUT2D eigenvalue weighted by molar-refractivity contribution is 5.90. The molecule has 9 nitrogen and oxygen atoms in total. The van der Waals surface area contributed by atoms with Crippen LogP contribution in [0.25, 0.3) is 27.9 Å². The summed E-state index contributed by atoms with van der Waals surface area (Å²) >= 11 is 0. The highest BCUT2D eigenvalue weighted by atomic mass is 16.2. The molecule has 4 aromatic rings. The lowest BCUT2D eigenvalue weighted by Crippen LogP contribution is -2.56. The fraction of sp³-hybridized carbons (Fsp3) is 0.517. The molecule has 1 N–H and O–H groups in total. The molecular weight excluding hydrogens is 476 g/mol. The van der Waals surface area contributed by atoms with Gasteiger partial charge in [-0.3, -0.25) is 9.69 Å². The molecule has 0 unspecified atom stereocenters. The third-order valence-electron chi connectivity index (χ3n) is 8.16. The molecule has 0 saturated carbocycles. The van der Waals surface area contributed by atoms with E-state index in [4.69, 9.17) is 4.98 Å². The maximum atomic E-state index is 13.0. The van der Waals surface area contributed by atoms with Crippen LogP contribution in [0.3, 0.4) is 0 Å². The highest BCUT2D eigenvalue weighted by Crippen LogP contribution is 2.38. The molecule has 1 aliphatic rings. The van der Waals surface area contributed by atoms with Gasteiger partial charge in [-0.2, -0.15) is 5.10 Å². The Balaban J connectivity index is 1.46. The number of hydrogen-bond donors (Lipinski definition) is 1. The van der Waals surface area contributed by atoms with E-state index in [1.807, 2.05) is 9.42 Å². The van der Waals surface area contributed by atoms with Crippen molar-refractivity contribution in [3.8, 4) is 11.3 Å². The lowest BCUT2D eigenvalue weighted by atomic mass is 9.95. The summed E-state index contributed by atoms with van der Waals surface area (Å²) in [7, 11) is 0. The van der Waals surface area contributed by atoms with Gasteiger partial charge in [0.05, 0.1) is 23.3 Å². The third kappa shape index (κ3) is 4.53. The zero-order valence-corrected chi connectivity index (χ0v) is 23.7. The highest BCUT2D eigenvalue weighted by Gasteiger charge is 2.29. The first kappa shape index (κ1) is 26.2. The molecule has 5 heterocycles. The number of aryl methyl sites for hydroxylation is 1. The lowest BCUT2D eigenvalue weighted by molar-refractivity contribution is -0.134. The molecule has 202 valence electrons. The van der Waals surface area contributed by atoms with Crippen molar-refractivity contribution in [3.63, 3.8) is 0 Å². The Hall–Kier alpha value is -3.46. The number of hydrogen-bond acceptors (Lipinski definition) is 6. The van der Waals surface area contributed by atoms with Gasteiger partial charge in [-0.15, -0.1) is 0 Å². The van der Waals surface area contributed by atoms with E-state index in [0.29, 0.717) is 13.1 Å². The number of likely N-dealkylation sites (N-methyl/N-ethyl adjacent to an activating group) is 1. The number of nitrogens with zero attached hydrogens (tertiary/aromatic N) is 7. The van der Waals surface area contributed by atoms with Gasteiger partial charge in [0.15, 0.2) is 5.65 Å². The van der Waals surface area contributed by atoms with Crippen LogP contribution in [0.1, 0.15) is 57.2 Å². The molecule has 5 rings (SSSR count). The van der Waals surface area contributed by atoms with Crippen LogP contribution in [-0.4, -0.2) is 85.6 Å². The second-order valence-electron chi connectivity index (χ2n) is 10.8. The maximum Gasteiger partial charge on any atom is 0.237 e. The Labute approximate surface area is 224 Å². The zero-order chi connectivity index (χ0) is 27.1. The number of piperazine rings is 1. The third-order valence-corrected chi connectivity index (χ3v) is 8.16. The van der Waals surface area contributed by atoms with Gasteiger partial charge >= 0.3 is 0 Å². The number of fused-ring (bicyclic) bond motifs is 2. The van der Waals surface area contributed by atoms with Crippen LogP contribution in [0.2, 0.25) is 0 Å². The molecule has 0 radical (unpaired) electrons. The minimum Gasteiger partial charge on any atom is -0.353 e. The van der Waals surface area contributed by atoms with Crippen LogP contribution < -0.4 is 4.90 Å². The zero-order valence-electron chi connectivity index (χ0n) is 23.7. The van der Waals surface area contributed by atoms with Crippen molar-refractivity contribution < 1.29 is 4.79 Å². The number of rotatable bonds is 7. The summed E-state index contributed by atoms with van der Waals surface area (Å²) in [5.41, 5.74) is 8.68. The van der Waals surface area contributed by atoms with E-state index >= 15 is 0 Å². The average Bonchev–Trinajstić information content (AvgIpc) is 3.53. The number of carbonyl (C=O) groups excluding carboxylic acids is 1. The molecule has 4 aromatic heterocycles. The first-order valence-electron chi connectivity index (χ1n) is 13.8. The van der Waals surface area contributed by atoms with Crippen molar-refractivity contribution in [2.75, 3.05) is 44.2 Å². The van der Waals surface area contributed by atoms with Gasteiger partial charge in [0.1, 0.15) is 12.1 Å². The molecule has 0 aliphatic carbocycles. The van der Waals surface area contributed by atoms with Crippen LogP contribution in [-0.2, 0) is 4.79 Å². The Kier molecular flexibility index (Phi) is 7.13. The number of carbonyl (C=O) groups is 1. The van der Waals surface area contributed by atoms with Gasteiger partial charge in [-0.25, -0.2) is 14.5 Å². The molecule has 38 heavy (non-hydrogen) atoms. The van der Waals surface area contributed by atoms with E-state index in [9.17, 15) is 4.79 Å². The Bertz CT molecular complexity index is 1460. The first-order valence-corrected chi connectivity index (χ1v) is 13.8. The number of aromatic nitrogens is 5. The summed E-state index contributed by atoms with van der Waals surface area (Å²) in [5.74, 6) is 1.46. The second-order valence-corrected chi connectivity index (χ2v) is 10.8. The molecule has 0 bridgehead atoms. The number of amides is 1. The van der Waals surface area contributed by atoms with Gasteiger partial charge in [0.2, 0.25) is 5.91 Å². The van der Waals surface area contributed by atoms with E-state index in [-0.39, 0.29) is 17.9 Å². The van der Waals surface area contributed by atoms with Crippen molar-refractivity contribution in [1.29, 1.82) is 0 Å². The second kappa shape index (κ2) is 10.4. The fourth-order valence-corrected chi connectivity index (χ4v) is 5.75. The summed E-state index contributed by atoms with van der Waals surface area (Å²) in [6, 6.07) is 4.38. The van der Waals surface area contributed by atoms with Gasteiger partial charge in [0, 0.05) is 43.0 Å². The summed E-state index contributed by atoms with van der Waals surface area (Å²) in [4.78, 5) is 32.8. The Morgan fingerprint density at radius 1 is 1.16 bits per heavy atom. The van der Waals surface area contributed by atoms with Crippen LogP contribution in [0.4, 0.5) is 5.82 Å². The van der Waals surface area contributed by atoms with E-state index in [0.717, 1.165) is 65.5 Å².